The van der Waals surface area contributed by atoms with Crippen LogP contribution in [-0.2, 0) is 6.42 Å². The van der Waals surface area contributed by atoms with Gasteiger partial charge in [-0.2, -0.15) is 0 Å². The van der Waals surface area contributed by atoms with Gasteiger partial charge < -0.3 is 4.74 Å². The Bertz CT molecular complexity index is 717. The molecule has 3 nitrogen and oxygen atoms in total. The molecule has 0 amide bonds. The predicted molar refractivity (Wildman–Crippen MR) is 133 cm³/mol. The third-order valence-corrected chi connectivity index (χ3v) is 6.05. The van der Waals surface area contributed by atoms with Gasteiger partial charge in [-0.25, -0.2) is 14.4 Å². The lowest BCUT2D eigenvalue weighted by Crippen LogP contribution is -2.11. The van der Waals surface area contributed by atoms with Crippen molar-refractivity contribution in [3.8, 4) is 17.1 Å². The van der Waals surface area contributed by atoms with Crippen LogP contribution < -0.4 is 4.74 Å². The highest BCUT2D eigenvalue weighted by Gasteiger charge is 2.12. The molecular weight excluding hydrogens is 399 g/mol. The molecule has 0 aliphatic carbocycles. The lowest BCUT2D eigenvalue weighted by molar-refractivity contribution is 0.205. The van der Waals surface area contributed by atoms with Crippen LogP contribution in [0.25, 0.3) is 11.4 Å². The number of benzene rings is 1. The molecule has 0 bridgehead atoms. The molecule has 2 aromatic rings. The third kappa shape index (κ3) is 10.6. The van der Waals surface area contributed by atoms with E-state index in [0.29, 0.717) is 25.4 Å². The lowest BCUT2D eigenvalue weighted by Gasteiger charge is -2.15. The minimum absolute atomic E-state index is 0.407. The number of unbranched alkanes of at least 4 members (excludes halogenated alkanes) is 6. The van der Waals surface area contributed by atoms with Crippen molar-refractivity contribution in [1.82, 2.24) is 9.97 Å². The fraction of sp³-hybridized carbons (Fsp3) is 0.643. The highest BCUT2D eigenvalue weighted by Crippen LogP contribution is 2.21. The van der Waals surface area contributed by atoms with E-state index in [0.717, 1.165) is 30.0 Å². The van der Waals surface area contributed by atoms with Gasteiger partial charge in [0.15, 0.2) is 5.82 Å². The number of rotatable bonds is 17. The summed E-state index contributed by atoms with van der Waals surface area (Å²) in [6, 6.07) is 7.77. The van der Waals surface area contributed by atoms with E-state index in [1.54, 1.807) is 0 Å². The van der Waals surface area contributed by atoms with Gasteiger partial charge in [-0.3, -0.25) is 0 Å². The van der Waals surface area contributed by atoms with E-state index in [2.05, 4.69) is 30.7 Å². The average Bonchev–Trinajstić information content (AvgIpc) is 2.81. The number of ether oxygens (including phenoxy) is 1. The maximum atomic E-state index is 14.2. The molecule has 0 spiro atoms. The molecule has 0 radical (unpaired) electrons. The van der Waals surface area contributed by atoms with E-state index in [4.69, 9.17) is 4.74 Å². The summed E-state index contributed by atoms with van der Waals surface area (Å²) in [6.07, 6.45) is 16.5. The molecule has 1 aromatic carbocycles. The van der Waals surface area contributed by atoms with Crippen LogP contribution in [0.4, 0.5) is 4.39 Å². The van der Waals surface area contributed by atoms with Crippen LogP contribution in [0.1, 0.15) is 97.0 Å². The van der Waals surface area contributed by atoms with Crippen LogP contribution in [0, 0.1) is 5.92 Å². The fourth-order valence-electron chi connectivity index (χ4n) is 3.97. The summed E-state index contributed by atoms with van der Waals surface area (Å²) in [5.41, 5.74) is 2.17. The quantitative estimate of drug-likeness (QED) is 0.231. The van der Waals surface area contributed by atoms with E-state index >= 15 is 0 Å². The number of aryl methyl sites for hydroxylation is 1. The second-order valence-corrected chi connectivity index (χ2v) is 9.17. The van der Waals surface area contributed by atoms with Crippen molar-refractivity contribution in [1.29, 1.82) is 0 Å². The molecule has 32 heavy (non-hydrogen) atoms. The summed E-state index contributed by atoms with van der Waals surface area (Å²) in [4.78, 5) is 9.08. The van der Waals surface area contributed by atoms with Crippen molar-refractivity contribution in [2.24, 2.45) is 5.92 Å². The molecule has 0 N–H and O–H groups in total. The zero-order chi connectivity index (χ0) is 23.0. The van der Waals surface area contributed by atoms with Crippen molar-refractivity contribution in [2.75, 3.05) is 6.61 Å². The van der Waals surface area contributed by atoms with Gasteiger partial charge in [0.2, 0.25) is 0 Å². The largest absolute Gasteiger partial charge is 0.493 e. The number of alkyl halides is 1. The van der Waals surface area contributed by atoms with E-state index in [-0.39, 0.29) is 0 Å². The second-order valence-electron chi connectivity index (χ2n) is 9.17. The molecule has 2 rings (SSSR count). The summed E-state index contributed by atoms with van der Waals surface area (Å²) < 4.78 is 19.9. The SMILES string of the molecule is CCCCCCCCc1cnc(-c2ccc(OCCC(F)CC(C)CCCC)cc2)nc1. The first kappa shape index (κ1) is 26.3. The molecule has 0 fully saturated rings. The Labute approximate surface area is 195 Å². The number of nitrogens with zero attached hydrogens (tertiary/aromatic N) is 2. The van der Waals surface area contributed by atoms with E-state index in [9.17, 15) is 4.39 Å². The highest BCUT2D eigenvalue weighted by molar-refractivity contribution is 5.55. The number of halogens is 1. The molecule has 0 saturated carbocycles. The van der Waals surface area contributed by atoms with Crippen LogP contribution >= 0.6 is 0 Å². The van der Waals surface area contributed by atoms with Gasteiger partial charge in [0.05, 0.1) is 6.61 Å². The van der Waals surface area contributed by atoms with Gasteiger partial charge in [-0.05, 0) is 55.0 Å². The molecule has 1 heterocycles. The van der Waals surface area contributed by atoms with Gasteiger partial charge in [0.25, 0.3) is 0 Å². The molecule has 2 atom stereocenters. The molecule has 0 aliphatic heterocycles. The van der Waals surface area contributed by atoms with Crippen molar-refractivity contribution in [3.05, 3.63) is 42.2 Å². The van der Waals surface area contributed by atoms with Crippen molar-refractivity contribution in [3.63, 3.8) is 0 Å². The first-order chi connectivity index (χ1) is 15.6. The van der Waals surface area contributed by atoms with Crippen molar-refractivity contribution >= 4 is 0 Å². The first-order valence-electron chi connectivity index (χ1n) is 12.8. The Balaban J connectivity index is 1.70. The minimum atomic E-state index is -0.788. The predicted octanol–water partition coefficient (Wildman–Crippen LogP) is 8.37. The van der Waals surface area contributed by atoms with Crippen LogP contribution in [0.5, 0.6) is 5.75 Å². The van der Waals surface area contributed by atoms with Gasteiger partial charge in [0, 0.05) is 24.4 Å². The molecule has 0 aliphatic rings. The lowest BCUT2D eigenvalue weighted by atomic mass is 9.97. The number of aromatic nitrogens is 2. The number of hydrogen-bond acceptors (Lipinski definition) is 3. The maximum absolute atomic E-state index is 14.2. The smallest absolute Gasteiger partial charge is 0.159 e. The molecule has 2 unspecified atom stereocenters. The Kier molecular flexibility index (Phi) is 13.0. The van der Waals surface area contributed by atoms with Gasteiger partial charge in [0.1, 0.15) is 11.9 Å². The number of hydrogen-bond donors (Lipinski definition) is 0. The topological polar surface area (TPSA) is 35.0 Å². The highest BCUT2D eigenvalue weighted by atomic mass is 19.1. The van der Waals surface area contributed by atoms with Gasteiger partial charge >= 0.3 is 0 Å². The summed E-state index contributed by atoms with van der Waals surface area (Å²) >= 11 is 0. The molecule has 178 valence electrons. The summed E-state index contributed by atoms with van der Waals surface area (Å²) in [5.74, 6) is 1.94. The van der Waals surface area contributed by atoms with Crippen LogP contribution in [0.2, 0.25) is 0 Å². The summed E-state index contributed by atoms with van der Waals surface area (Å²) in [5, 5.41) is 0. The Morgan fingerprint density at radius 3 is 2.19 bits per heavy atom. The van der Waals surface area contributed by atoms with Crippen LogP contribution in [0.3, 0.4) is 0 Å². The minimum Gasteiger partial charge on any atom is -0.493 e. The Morgan fingerprint density at radius 1 is 0.844 bits per heavy atom. The second kappa shape index (κ2) is 15.8. The normalized spacial score (nSPS) is 13.1. The van der Waals surface area contributed by atoms with Gasteiger partial charge in [-0.1, -0.05) is 72.1 Å². The molecule has 0 saturated heterocycles. The van der Waals surface area contributed by atoms with E-state index in [1.807, 2.05) is 36.7 Å². The molecular formula is C28H43FN2O. The molecule has 1 aromatic heterocycles. The van der Waals surface area contributed by atoms with Crippen molar-refractivity contribution in [2.45, 2.75) is 104 Å². The van der Waals surface area contributed by atoms with E-state index < -0.39 is 6.17 Å². The van der Waals surface area contributed by atoms with Gasteiger partial charge in [-0.15, -0.1) is 0 Å². The Morgan fingerprint density at radius 2 is 1.50 bits per heavy atom. The molecule has 4 heteroatoms. The van der Waals surface area contributed by atoms with Crippen molar-refractivity contribution < 1.29 is 9.13 Å². The van der Waals surface area contributed by atoms with Crippen LogP contribution in [0.15, 0.2) is 36.7 Å². The Hall–Kier alpha value is -1.97. The monoisotopic (exact) mass is 442 g/mol. The average molecular weight is 443 g/mol. The third-order valence-electron chi connectivity index (χ3n) is 6.05. The standard InChI is InChI=1S/C28H43FN2O/c1-4-6-8-9-10-11-13-24-21-30-28(31-22-24)25-14-16-27(17-15-25)32-19-18-26(29)20-23(3)12-7-5-2/h14-17,21-23,26H,4-13,18-20H2,1-3H3. The fourth-order valence-corrected chi connectivity index (χ4v) is 3.97. The summed E-state index contributed by atoms with van der Waals surface area (Å²) in [6.45, 7) is 6.98. The first-order valence-corrected chi connectivity index (χ1v) is 12.8. The zero-order valence-electron chi connectivity index (χ0n) is 20.5. The zero-order valence-corrected chi connectivity index (χ0v) is 20.5. The van der Waals surface area contributed by atoms with E-state index in [1.165, 1.54) is 56.9 Å². The maximum Gasteiger partial charge on any atom is 0.159 e. The van der Waals surface area contributed by atoms with Crippen LogP contribution in [-0.4, -0.2) is 22.7 Å². The summed E-state index contributed by atoms with van der Waals surface area (Å²) in [7, 11) is 0.